The minimum atomic E-state index is -1.08. The largest absolute Gasteiger partial charge is 0.320 e. The molecule has 0 aliphatic carbocycles. The van der Waals surface area contributed by atoms with Gasteiger partial charge in [0.25, 0.3) is 6.03 Å². The van der Waals surface area contributed by atoms with Gasteiger partial charge in [-0.1, -0.05) is 0 Å². The van der Waals surface area contributed by atoms with E-state index in [0.29, 0.717) is 6.29 Å². The summed E-state index contributed by atoms with van der Waals surface area (Å²) in [5, 5.41) is 8.35. The first-order valence-corrected chi connectivity index (χ1v) is 4.03. The Kier molecular flexibility index (Phi) is 2.99. The van der Waals surface area contributed by atoms with Gasteiger partial charge < -0.3 is 4.74 Å². The zero-order valence-electron chi connectivity index (χ0n) is 8.01. The van der Waals surface area contributed by atoms with Crippen molar-refractivity contribution in [1.29, 1.82) is 0 Å². The number of carbonyl (C=O) groups excluding carboxylic acids is 1. The highest BCUT2D eigenvalue weighted by atomic mass is 16.8. The van der Waals surface area contributed by atoms with Crippen molar-refractivity contribution in [3.05, 3.63) is 0 Å². The van der Waals surface area contributed by atoms with Crippen LogP contribution in [0.15, 0.2) is 0 Å². The summed E-state index contributed by atoms with van der Waals surface area (Å²) in [6.07, 6.45) is 0.684. The highest BCUT2D eigenvalue weighted by molar-refractivity contribution is 5.62. The first-order valence-electron chi connectivity index (χ1n) is 4.03. The van der Waals surface area contributed by atoms with Gasteiger partial charge in [0.05, 0.1) is 0 Å². The summed E-state index contributed by atoms with van der Waals surface area (Å²) in [6.45, 7) is 0.161. The van der Waals surface area contributed by atoms with Crippen molar-refractivity contribution < 1.29 is 14.3 Å². The molecule has 0 radical (unpaired) electrons. The summed E-state index contributed by atoms with van der Waals surface area (Å²) < 4.78 is 10.7. The molecule has 6 heteroatoms. The molecule has 0 spiro atoms. The summed E-state index contributed by atoms with van der Waals surface area (Å²) in [7, 11) is 4.99. The van der Waals surface area contributed by atoms with Gasteiger partial charge in [-0.3, -0.25) is 25.5 Å². The summed E-state index contributed by atoms with van der Waals surface area (Å²) in [4.78, 5) is 10.8. The van der Waals surface area contributed by atoms with Gasteiger partial charge in [-0.15, -0.1) is 0 Å². The van der Waals surface area contributed by atoms with Gasteiger partial charge in [0.15, 0.2) is 6.29 Å². The Bertz CT molecular complexity index is 195. The van der Waals surface area contributed by atoms with Crippen molar-refractivity contribution in [3.8, 4) is 0 Å². The van der Waals surface area contributed by atoms with Crippen LogP contribution in [0.3, 0.4) is 0 Å². The fraction of sp³-hybridized carbons (Fsp3) is 0.857. The molecule has 1 fully saturated rings. The molecular formula is C7H15N3O3. The van der Waals surface area contributed by atoms with Crippen LogP contribution in [-0.2, 0) is 14.3 Å². The van der Waals surface area contributed by atoms with Crippen LogP contribution in [0.2, 0.25) is 0 Å². The lowest BCUT2D eigenvalue weighted by molar-refractivity contribution is -0.222. The Morgan fingerprint density at radius 1 is 1.23 bits per heavy atom. The summed E-state index contributed by atoms with van der Waals surface area (Å²) in [5.74, 6) is 0. The standard InChI is InChI=1S/C7H15N3O3/c1-8-6(4-11)5-12-7(9-2,10-3)13-6/h4,8-10H,5H2,1-3H3/t6-/m1/s1. The summed E-state index contributed by atoms with van der Waals surface area (Å²) in [5.41, 5.74) is -1.06. The minimum Gasteiger partial charge on any atom is -0.320 e. The van der Waals surface area contributed by atoms with Crippen LogP contribution in [0.25, 0.3) is 0 Å². The molecule has 0 bridgehead atoms. The molecular weight excluding hydrogens is 174 g/mol. The molecule has 0 aromatic heterocycles. The van der Waals surface area contributed by atoms with E-state index in [1.54, 1.807) is 21.1 Å². The van der Waals surface area contributed by atoms with Crippen molar-refractivity contribution in [2.75, 3.05) is 27.7 Å². The maximum atomic E-state index is 10.8. The number of hydrogen-bond acceptors (Lipinski definition) is 6. The van der Waals surface area contributed by atoms with Crippen LogP contribution < -0.4 is 16.0 Å². The maximum Gasteiger partial charge on any atom is 0.293 e. The van der Waals surface area contributed by atoms with Crippen LogP contribution in [0.1, 0.15) is 0 Å². The van der Waals surface area contributed by atoms with Crippen LogP contribution in [-0.4, -0.2) is 45.8 Å². The summed E-state index contributed by atoms with van der Waals surface area (Å²) in [6, 6.07) is -1.08. The Morgan fingerprint density at radius 2 is 1.85 bits per heavy atom. The average Bonchev–Trinajstić information content (AvgIpc) is 2.59. The van der Waals surface area contributed by atoms with E-state index < -0.39 is 11.8 Å². The number of likely N-dealkylation sites (N-methyl/N-ethyl adjacent to an activating group) is 1. The highest BCUT2D eigenvalue weighted by Gasteiger charge is 2.49. The lowest BCUT2D eigenvalue weighted by Crippen LogP contribution is -2.58. The molecule has 0 unspecified atom stereocenters. The van der Waals surface area contributed by atoms with E-state index in [4.69, 9.17) is 9.47 Å². The van der Waals surface area contributed by atoms with E-state index in [2.05, 4.69) is 16.0 Å². The zero-order chi connectivity index (χ0) is 9.95. The topological polar surface area (TPSA) is 71.6 Å². The Labute approximate surface area is 77.0 Å². The third-order valence-corrected chi connectivity index (χ3v) is 2.09. The smallest absolute Gasteiger partial charge is 0.293 e. The Morgan fingerprint density at radius 3 is 2.08 bits per heavy atom. The monoisotopic (exact) mass is 189 g/mol. The van der Waals surface area contributed by atoms with E-state index in [1.165, 1.54) is 0 Å². The molecule has 1 heterocycles. The third kappa shape index (κ3) is 1.72. The van der Waals surface area contributed by atoms with Gasteiger partial charge in [-0.25, -0.2) is 0 Å². The van der Waals surface area contributed by atoms with Gasteiger partial charge in [-0.05, 0) is 21.1 Å². The second-order valence-corrected chi connectivity index (χ2v) is 2.76. The number of hydrogen-bond donors (Lipinski definition) is 3. The van der Waals surface area contributed by atoms with Crippen molar-refractivity contribution in [2.24, 2.45) is 0 Å². The second-order valence-electron chi connectivity index (χ2n) is 2.76. The highest BCUT2D eigenvalue weighted by Crippen LogP contribution is 2.23. The van der Waals surface area contributed by atoms with Gasteiger partial charge >= 0.3 is 0 Å². The number of aldehydes is 1. The first-order chi connectivity index (χ1) is 6.16. The maximum absolute atomic E-state index is 10.8. The van der Waals surface area contributed by atoms with E-state index in [1.807, 2.05) is 0 Å². The SMILES string of the molecule is CNC1(NC)OC[C@](C=O)(NC)O1. The van der Waals surface area contributed by atoms with Gasteiger partial charge in [0.2, 0.25) is 5.72 Å². The van der Waals surface area contributed by atoms with Crippen molar-refractivity contribution >= 4 is 6.29 Å². The van der Waals surface area contributed by atoms with Crippen LogP contribution >= 0.6 is 0 Å². The van der Waals surface area contributed by atoms with Crippen LogP contribution in [0.5, 0.6) is 0 Å². The van der Waals surface area contributed by atoms with E-state index in [9.17, 15) is 4.79 Å². The molecule has 3 N–H and O–H groups in total. The molecule has 0 aromatic carbocycles. The van der Waals surface area contributed by atoms with Crippen LogP contribution in [0.4, 0.5) is 0 Å². The average molecular weight is 189 g/mol. The fourth-order valence-electron chi connectivity index (χ4n) is 1.14. The van der Waals surface area contributed by atoms with Gasteiger partial charge in [0, 0.05) is 0 Å². The molecule has 0 saturated carbocycles. The Balaban J connectivity index is 2.75. The molecule has 0 amide bonds. The predicted molar refractivity (Wildman–Crippen MR) is 45.7 cm³/mol. The van der Waals surface area contributed by atoms with Crippen molar-refractivity contribution in [3.63, 3.8) is 0 Å². The lowest BCUT2D eigenvalue weighted by Gasteiger charge is -2.28. The molecule has 13 heavy (non-hydrogen) atoms. The number of ether oxygens (including phenoxy) is 2. The molecule has 1 rings (SSSR count). The minimum absolute atomic E-state index is 0.161. The molecule has 6 nitrogen and oxygen atoms in total. The quantitative estimate of drug-likeness (QED) is 0.358. The molecule has 1 aliphatic rings. The van der Waals surface area contributed by atoms with E-state index in [0.717, 1.165) is 0 Å². The zero-order valence-corrected chi connectivity index (χ0v) is 8.01. The number of rotatable bonds is 4. The van der Waals surface area contributed by atoms with Gasteiger partial charge in [-0.2, -0.15) is 0 Å². The number of carbonyl (C=O) groups is 1. The van der Waals surface area contributed by atoms with Crippen LogP contribution in [0, 0.1) is 0 Å². The fourth-order valence-corrected chi connectivity index (χ4v) is 1.14. The van der Waals surface area contributed by atoms with Crippen molar-refractivity contribution in [2.45, 2.75) is 11.8 Å². The van der Waals surface area contributed by atoms with Crippen molar-refractivity contribution in [1.82, 2.24) is 16.0 Å². The first kappa shape index (κ1) is 10.6. The second kappa shape index (κ2) is 3.69. The summed E-state index contributed by atoms with van der Waals surface area (Å²) >= 11 is 0. The van der Waals surface area contributed by atoms with Gasteiger partial charge in [0.1, 0.15) is 6.61 Å². The predicted octanol–water partition coefficient (Wildman–Crippen LogP) is -1.80. The molecule has 0 aromatic rings. The molecule has 1 saturated heterocycles. The molecule has 76 valence electrons. The van der Waals surface area contributed by atoms with E-state index in [-0.39, 0.29) is 6.61 Å². The van der Waals surface area contributed by atoms with E-state index >= 15 is 0 Å². The molecule has 1 atom stereocenters. The lowest BCUT2D eigenvalue weighted by atomic mass is 10.3. The Hall–Kier alpha value is -0.530. The number of nitrogens with one attached hydrogen (secondary N) is 3. The normalized spacial score (nSPS) is 31.9. The molecule has 1 aliphatic heterocycles. The third-order valence-electron chi connectivity index (χ3n) is 2.09.